The van der Waals surface area contributed by atoms with Gasteiger partial charge in [0.15, 0.2) is 0 Å². The molecule has 0 aliphatic carbocycles. The molecule has 3 N–H and O–H groups in total. The van der Waals surface area contributed by atoms with E-state index < -0.39 is 0 Å². The molecule has 1 aliphatic heterocycles. The zero-order valence-electron chi connectivity index (χ0n) is 16.3. The molecule has 3 aromatic rings. The summed E-state index contributed by atoms with van der Waals surface area (Å²) in [6, 6.07) is 8.39. The minimum Gasteiger partial charge on any atom is -0.395 e. The zero-order valence-corrected chi connectivity index (χ0v) is 17.1. The molecule has 3 heterocycles. The maximum atomic E-state index is 8.89. The molecule has 1 aromatic carbocycles. The van der Waals surface area contributed by atoms with Crippen LogP contribution in [0.4, 0.5) is 5.69 Å². The quantitative estimate of drug-likeness (QED) is 0.373. The van der Waals surface area contributed by atoms with E-state index in [1.54, 1.807) is 11.8 Å². The summed E-state index contributed by atoms with van der Waals surface area (Å²) in [6.07, 6.45) is 1.84. The number of aliphatic hydroxyl groups is 1. The topological polar surface area (TPSA) is 78.2 Å². The van der Waals surface area contributed by atoms with E-state index in [1.165, 1.54) is 10.3 Å². The van der Waals surface area contributed by atoms with Gasteiger partial charge < -0.3 is 20.6 Å². The lowest BCUT2D eigenvalue weighted by atomic mass is 10.1. The molecular weight excluding hydrogens is 372 g/mol. The summed E-state index contributed by atoms with van der Waals surface area (Å²) in [6.45, 7) is 4.15. The van der Waals surface area contributed by atoms with Gasteiger partial charge in [-0.1, -0.05) is 11.8 Å². The monoisotopic (exact) mass is 398 g/mol. The summed E-state index contributed by atoms with van der Waals surface area (Å²) in [7, 11) is 4.16. The fraction of sp³-hybridized carbons (Fsp3) is 0.400. The lowest BCUT2D eigenvalue weighted by Gasteiger charge is -2.18. The van der Waals surface area contributed by atoms with Crippen LogP contribution in [0.5, 0.6) is 0 Å². The molecular formula is C20H26N6OS. The SMILES string of the molecule is CN(C)CCn1nc2c3c(c(NCCNCCO)ccc31)Sc1ncccc1-2. The van der Waals surface area contributed by atoms with Crippen molar-refractivity contribution in [1.82, 2.24) is 25.0 Å². The Morgan fingerprint density at radius 1 is 1.18 bits per heavy atom. The molecule has 28 heavy (non-hydrogen) atoms. The van der Waals surface area contributed by atoms with Gasteiger partial charge in [0.1, 0.15) is 10.7 Å². The average Bonchev–Trinajstić information content (AvgIpc) is 3.07. The number of benzene rings is 1. The van der Waals surface area contributed by atoms with Crippen LogP contribution in [0.2, 0.25) is 0 Å². The highest BCUT2D eigenvalue weighted by Crippen LogP contribution is 2.49. The van der Waals surface area contributed by atoms with E-state index in [-0.39, 0.29) is 6.61 Å². The van der Waals surface area contributed by atoms with Crippen molar-refractivity contribution in [3.05, 3.63) is 30.5 Å². The van der Waals surface area contributed by atoms with E-state index >= 15 is 0 Å². The third-order valence-electron chi connectivity index (χ3n) is 4.76. The van der Waals surface area contributed by atoms with Crippen LogP contribution >= 0.6 is 11.8 Å². The highest BCUT2D eigenvalue weighted by atomic mass is 32.2. The molecule has 8 heteroatoms. The van der Waals surface area contributed by atoms with Crippen LogP contribution in [0.3, 0.4) is 0 Å². The molecule has 4 rings (SSSR count). The fourth-order valence-electron chi connectivity index (χ4n) is 3.38. The number of anilines is 1. The van der Waals surface area contributed by atoms with Crippen molar-refractivity contribution in [2.24, 2.45) is 0 Å². The molecule has 0 fully saturated rings. The summed E-state index contributed by atoms with van der Waals surface area (Å²) in [4.78, 5) is 7.95. The van der Waals surface area contributed by atoms with Gasteiger partial charge in [-0.05, 0) is 38.4 Å². The van der Waals surface area contributed by atoms with Gasteiger partial charge >= 0.3 is 0 Å². The van der Waals surface area contributed by atoms with Crippen molar-refractivity contribution >= 4 is 28.4 Å². The maximum Gasteiger partial charge on any atom is 0.110 e. The first kappa shape index (κ1) is 19.2. The van der Waals surface area contributed by atoms with Gasteiger partial charge in [-0.3, -0.25) is 4.68 Å². The Morgan fingerprint density at radius 2 is 2.07 bits per heavy atom. The molecule has 0 radical (unpaired) electrons. The second-order valence-corrected chi connectivity index (χ2v) is 8.07. The van der Waals surface area contributed by atoms with Crippen LogP contribution in [-0.2, 0) is 6.54 Å². The number of hydrogen-bond donors (Lipinski definition) is 3. The molecule has 0 amide bonds. The predicted molar refractivity (Wildman–Crippen MR) is 114 cm³/mol. The normalized spacial score (nSPS) is 12.6. The second kappa shape index (κ2) is 8.48. The molecule has 2 aromatic heterocycles. The predicted octanol–water partition coefficient (Wildman–Crippen LogP) is 2.12. The molecule has 0 saturated carbocycles. The number of hydrogen-bond acceptors (Lipinski definition) is 7. The van der Waals surface area contributed by atoms with Crippen molar-refractivity contribution < 1.29 is 5.11 Å². The standard InChI is InChI=1S/C20H26N6OS/c1-25(2)11-12-26-16-6-5-15(22-9-8-21-10-13-27)19-17(16)18(24-26)14-4-3-7-23-20(14)28-19/h3-7,21-22,27H,8-13H2,1-2H3. The summed E-state index contributed by atoms with van der Waals surface area (Å²) < 4.78 is 2.11. The van der Waals surface area contributed by atoms with Gasteiger partial charge in [-0.2, -0.15) is 5.10 Å². The lowest BCUT2D eigenvalue weighted by molar-refractivity contribution is 0.293. The maximum absolute atomic E-state index is 8.89. The minimum atomic E-state index is 0.158. The molecule has 0 unspecified atom stereocenters. The first-order valence-corrected chi connectivity index (χ1v) is 10.4. The number of aromatic nitrogens is 3. The smallest absolute Gasteiger partial charge is 0.110 e. The van der Waals surface area contributed by atoms with E-state index in [0.29, 0.717) is 6.54 Å². The Morgan fingerprint density at radius 3 is 2.89 bits per heavy atom. The van der Waals surface area contributed by atoms with E-state index in [4.69, 9.17) is 10.2 Å². The van der Waals surface area contributed by atoms with E-state index in [1.807, 2.05) is 12.3 Å². The van der Waals surface area contributed by atoms with Crippen LogP contribution < -0.4 is 10.6 Å². The van der Waals surface area contributed by atoms with E-state index in [2.05, 4.69) is 57.5 Å². The van der Waals surface area contributed by atoms with Crippen LogP contribution in [0.25, 0.3) is 22.2 Å². The Hall–Kier alpha value is -2.13. The Kier molecular flexibility index (Phi) is 5.82. The van der Waals surface area contributed by atoms with Gasteiger partial charge in [0, 0.05) is 53.9 Å². The summed E-state index contributed by atoms with van der Waals surface area (Å²) in [5, 5.41) is 22.8. The van der Waals surface area contributed by atoms with Crippen molar-refractivity contribution in [2.75, 3.05) is 52.2 Å². The van der Waals surface area contributed by atoms with Gasteiger partial charge in [0.25, 0.3) is 0 Å². The van der Waals surface area contributed by atoms with Crippen LogP contribution in [0.1, 0.15) is 0 Å². The van der Waals surface area contributed by atoms with Gasteiger partial charge in [-0.25, -0.2) is 4.98 Å². The fourth-order valence-corrected chi connectivity index (χ4v) is 4.51. The number of fused-ring (bicyclic) bond motifs is 2. The highest BCUT2D eigenvalue weighted by Gasteiger charge is 2.26. The second-order valence-electron chi connectivity index (χ2n) is 7.07. The van der Waals surface area contributed by atoms with Crippen molar-refractivity contribution in [3.8, 4) is 11.3 Å². The Balaban J connectivity index is 1.71. The molecule has 148 valence electrons. The van der Waals surface area contributed by atoms with Gasteiger partial charge in [0.05, 0.1) is 18.7 Å². The summed E-state index contributed by atoms with van der Waals surface area (Å²) in [5.41, 5.74) is 4.40. The first-order chi connectivity index (χ1) is 13.7. The van der Waals surface area contributed by atoms with Crippen LogP contribution in [-0.4, -0.2) is 71.7 Å². The number of nitrogens with zero attached hydrogens (tertiary/aromatic N) is 4. The van der Waals surface area contributed by atoms with Crippen LogP contribution in [0.15, 0.2) is 40.4 Å². The number of likely N-dealkylation sites (N-methyl/N-ethyl adjacent to an activating group) is 1. The number of nitrogens with one attached hydrogen (secondary N) is 2. The van der Waals surface area contributed by atoms with Crippen molar-refractivity contribution in [2.45, 2.75) is 16.5 Å². The summed E-state index contributed by atoms with van der Waals surface area (Å²) >= 11 is 1.71. The Labute approximate surface area is 169 Å². The third kappa shape index (κ3) is 3.73. The molecule has 0 saturated heterocycles. The first-order valence-electron chi connectivity index (χ1n) is 9.56. The minimum absolute atomic E-state index is 0.158. The Bertz CT molecular complexity index is 971. The third-order valence-corrected chi connectivity index (χ3v) is 5.91. The lowest BCUT2D eigenvalue weighted by Crippen LogP contribution is -2.25. The van der Waals surface area contributed by atoms with Gasteiger partial charge in [-0.15, -0.1) is 0 Å². The number of rotatable bonds is 9. The van der Waals surface area contributed by atoms with E-state index in [0.717, 1.165) is 53.7 Å². The number of pyridine rings is 1. The van der Waals surface area contributed by atoms with Gasteiger partial charge in [0.2, 0.25) is 0 Å². The highest BCUT2D eigenvalue weighted by molar-refractivity contribution is 7.99. The zero-order chi connectivity index (χ0) is 19.5. The largest absolute Gasteiger partial charge is 0.395 e. The molecule has 0 atom stereocenters. The van der Waals surface area contributed by atoms with Crippen molar-refractivity contribution in [1.29, 1.82) is 0 Å². The van der Waals surface area contributed by atoms with Crippen molar-refractivity contribution in [3.63, 3.8) is 0 Å². The molecule has 7 nitrogen and oxygen atoms in total. The molecule has 0 bridgehead atoms. The average molecular weight is 399 g/mol. The molecule has 0 spiro atoms. The molecule has 1 aliphatic rings. The van der Waals surface area contributed by atoms with E-state index in [9.17, 15) is 0 Å². The number of aliphatic hydroxyl groups excluding tert-OH is 1. The van der Waals surface area contributed by atoms with Crippen LogP contribution in [0, 0.1) is 0 Å². The summed E-state index contributed by atoms with van der Waals surface area (Å²) in [5.74, 6) is 0.